The summed E-state index contributed by atoms with van der Waals surface area (Å²) in [6, 6.07) is 12.4. The molecule has 0 spiro atoms. The molecule has 2 heterocycles. The molecule has 0 bridgehead atoms. The molecule has 5 nitrogen and oxygen atoms in total. The van der Waals surface area contributed by atoms with Crippen LogP contribution >= 0.6 is 0 Å². The maximum absolute atomic E-state index is 13.8. The Kier molecular flexibility index (Phi) is 7.11. The second-order valence-electron chi connectivity index (χ2n) is 9.15. The first-order valence-corrected chi connectivity index (χ1v) is 11.5. The first-order valence-electron chi connectivity index (χ1n) is 11.5. The number of ether oxygens (including phenoxy) is 2. The summed E-state index contributed by atoms with van der Waals surface area (Å²) in [4.78, 5) is 15.5. The quantitative estimate of drug-likeness (QED) is 0.706. The number of piperidine rings is 1. The molecule has 0 saturated carbocycles. The van der Waals surface area contributed by atoms with Gasteiger partial charge in [-0.05, 0) is 74.5 Å². The summed E-state index contributed by atoms with van der Waals surface area (Å²) in [5, 5.41) is 3.19. The van der Waals surface area contributed by atoms with Crippen molar-refractivity contribution in [2.75, 3.05) is 40.4 Å². The summed E-state index contributed by atoms with van der Waals surface area (Å²) >= 11 is 0. The van der Waals surface area contributed by atoms with Gasteiger partial charge in [0.15, 0.2) is 5.60 Å². The number of methoxy groups -OCH3 is 1. The Morgan fingerprint density at radius 2 is 2.06 bits per heavy atom. The van der Waals surface area contributed by atoms with Gasteiger partial charge in [0, 0.05) is 31.7 Å². The lowest BCUT2D eigenvalue weighted by atomic mass is 9.89. The maximum Gasteiger partial charge on any atom is 0.252 e. The van der Waals surface area contributed by atoms with Crippen LogP contribution in [0.15, 0.2) is 42.5 Å². The van der Waals surface area contributed by atoms with E-state index in [-0.39, 0.29) is 11.7 Å². The molecule has 172 valence electrons. The third kappa shape index (κ3) is 5.13. The van der Waals surface area contributed by atoms with Crippen LogP contribution in [-0.2, 0) is 16.0 Å². The minimum atomic E-state index is -0.807. The van der Waals surface area contributed by atoms with Crippen molar-refractivity contribution in [1.82, 2.24) is 10.2 Å². The second kappa shape index (κ2) is 10.0. The Balaban J connectivity index is 1.45. The van der Waals surface area contributed by atoms with E-state index < -0.39 is 5.60 Å². The first kappa shape index (κ1) is 22.7. The number of likely N-dealkylation sites (tertiary alicyclic amines) is 1. The molecule has 2 saturated heterocycles. The molecule has 2 fully saturated rings. The summed E-state index contributed by atoms with van der Waals surface area (Å²) in [7, 11) is 3.72. The number of hydrogen-bond donors (Lipinski definition) is 1. The third-order valence-corrected chi connectivity index (χ3v) is 6.71. The summed E-state index contributed by atoms with van der Waals surface area (Å²) in [5.74, 6) is 0.822. The van der Waals surface area contributed by atoms with E-state index in [0.29, 0.717) is 36.8 Å². The van der Waals surface area contributed by atoms with Crippen LogP contribution in [-0.4, -0.2) is 56.8 Å². The van der Waals surface area contributed by atoms with Gasteiger partial charge in [-0.2, -0.15) is 0 Å². The van der Waals surface area contributed by atoms with E-state index in [1.807, 2.05) is 24.3 Å². The van der Waals surface area contributed by atoms with E-state index in [0.717, 1.165) is 43.5 Å². The van der Waals surface area contributed by atoms with Crippen molar-refractivity contribution >= 4 is 5.91 Å². The van der Waals surface area contributed by atoms with Crippen LogP contribution < -0.4 is 10.1 Å². The van der Waals surface area contributed by atoms with Crippen LogP contribution in [0.2, 0.25) is 0 Å². The van der Waals surface area contributed by atoms with Gasteiger partial charge in [0.1, 0.15) is 11.6 Å². The number of rotatable bonds is 7. The highest BCUT2D eigenvalue weighted by Crippen LogP contribution is 2.33. The van der Waals surface area contributed by atoms with Gasteiger partial charge in [-0.15, -0.1) is 0 Å². The molecule has 0 aromatic heterocycles. The van der Waals surface area contributed by atoms with Crippen molar-refractivity contribution in [1.29, 1.82) is 0 Å². The van der Waals surface area contributed by atoms with E-state index in [2.05, 4.69) is 17.3 Å². The fourth-order valence-corrected chi connectivity index (χ4v) is 4.97. The highest BCUT2D eigenvalue weighted by Gasteiger charge is 2.42. The topological polar surface area (TPSA) is 50.8 Å². The van der Waals surface area contributed by atoms with Crippen LogP contribution in [0.25, 0.3) is 11.1 Å². The number of nitrogens with one attached hydrogen (secondary N) is 1. The van der Waals surface area contributed by atoms with Crippen molar-refractivity contribution in [2.24, 2.45) is 5.92 Å². The SMILES string of the molecule is COc1ccc(F)cc1-c1ccc(C[C@]2(C(=O)NC[C@H]3CCCN(C)C3)CCCO2)cc1. The average molecular weight is 441 g/mol. The molecule has 1 N–H and O–H groups in total. The molecule has 2 aromatic rings. The first-order chi connectivity index (χ1) is 15.5. The molecule has 2 aliphatic rings. The molecule has 2 aromatic carbocycles. The monoisotopic (exact) mass is 440 g/mol. The summed E-state index contributed by atoms with van der Waals surface area (Å²) < 4.78 is 25.2. The number of hydrogen-bond acceptors (Lipinski definition) is 4. The lowest BCUT2D eigenvalue weighted by Gasteiger charge is -2.32. The normalized spacial score (nSPS) is 23.8. The number of benzene rings is 2. The highest BCUT2D eigenvalue weighted by molar-refractivity contribution is 5.86. The Morgan fingerprint density at radius 3 is 2.75 bits per heavy atom. The zero-order valence-corrected chi connectivity index (χ0v) is 19.0. The van der Waals surface area contributed by atoms with Gasteiger partial charge in [-0.25, -0.2) is 4.39 Å². The molecule has 0 aliphatic carbocycles. The molecule has 0 unspecified atom stereocenters. The standard InChI is InChI=1S/C26H33FN2O3/c1-29-13-3-5-20(18-29)17-28-25(30)26(12-4-14-32-26)16-19-6-8-21(9-7-19)23-15-22(27)10-11-24(23)31-2/h6-11,15,20H,3-5,12-14,16-18H2,1-2H3,(H,28,30)/t20-,26+/m1/s1. The minimum absolute atomic E-state index is 0.000831. The molecule has 2 aliphatic heterocycles. The molecular formula is C26H33FN2O3. The van der Waals surface area contributed by atoms with Gasteiger partial charge < -0.3 is 19.7 Å². The van der Waals surface area contributed by atoms with Crippen LogP contribution in [0.5, 0.6) is 5.75 Å². The summed E-state index contributed by atoms with van der Waals surface area (Å²) in [5.41, 5.74) is 1.80. The molecule has 32 heavy (non-hydrogen) atoms. The molecular weight excluding hydrogens is 407 g/mol. The molecule has 1 amide bonds. The number of halogens is 1. The Bertz CT molecular complexity index is 925. The highest BCUT2D eigenvalue weighted by atomic mass is 19.1. The smallest absolute Gasteiger partial charge is 0.252 e. The number of amides is 1. The second-order valence-corrected chi connectivity index (χ2v) is 9.15. The van der Waals surface area contributed by atoms with Gasteiger partial charge in [0.2, 0.25) is 0 Å². The predicted octanol–water partition coefficient (Wildman–Crippen LogP) is 4.05. The molecule has 2 atom stereocenters. The minimum Gasteiger partial charge on any atom is -0.496 e. The Morgan fingerprint density at radius 1 is 1.25 bits per heavy atom. The van der Waals surface area contributed by atoms with E-state index in [9.17, 15) is 9.18 Å². The van der Waals surface area contributed by atoms with E-state index in [1.54, 1.807) is 13.2 Å². The lowest BCUT2D eigenvalue weighted by molar-refractivity contribution is -0.141. The Labute approximate surface area is 189 Å². The van der Waals surface area contributed by atoms with Crippen molar-refractivity contribution in [3.05, 3.63) is 53.8 Å². The van der Waals surface area contributed by atoms with Crippen LogP contribution in [0.4, 0.5) is 4.39 Å². The van der Waals surface area contributed by atoms with Gasteiger partial charge in [-0.1, -0.05) is 24.3 Å². The third-order valence-electron chi connectivity index (χ3n) is 6.71. The van der Waals surface area contributed by atoms with Gasteiger partial charge in [0.25, 0.3) is 5.91 Å². The van der Waals surface area contributed by atoms with Crippen molar-refractivity contribution in [2.45, 2.75) is 37.7 Å². The van der Waals surface area contributed by atoms with E-state index in [4.69, 9.17) is 9.47 Å². The molecule has 0 radical (unpaired) electrons. The fourth-order valence-electron chi connectivity index (χ4n) is 4.97. The number of nitrogens with zero attached hydrogens (tertiary/aromatic N) is 1. The average Bonchev–Trinajstić information content (AvgIpc) is 3.28. The van der Waals surface area contributed by atoms with Crippen LogP contribution in [0.1, 0.15) is 31.2 Å². The maximum atomic E-state index is 13.8. The summed E-state index contributed by atoms with van der Waals surface area (Å²) in [6.45, 7) is 3.47. The number of carbonyl (C=O) groups is 1. The number of carbonyl (C=O) groups excluding carboxylic acids is 1. The zero-order chi connectivity index (χ0) is 22.6. The van der Waals surface area contributed by atoms with Crippen LogP contribution in [0, 0.1) is 11.7 Å². The zero-order valence-electron chi connectivity index (χ0n) is 19.0. The van der Waals surface area contributed by atoms with E-state index in [1.165, 1.54) is 18.6 Å². The summed E-state index contributed by atoms with van der Waals surface area (Å²) in [6.07, 6.45) is 4.48. The van der Waals surface area contributed by atoms with Crippen molar-refractivity contribution in [3.8, 4) is 16.9 Å². The lowest BCUT2D eigenvalue weighted by Crippen LogP contribution is -2.50. The predicted molar refractivity (Wildman–Crippen MR) is 123 cm³/mol. The Hall–Kier alpha value is -2.44. The fraction of sp³-hybridized carbons (Fsp3) is 0.500. The van der Waals surface area contributed by atoms with E-state index >= 15 is 0 Å². The largest absolute Gasteiger partial charge is 0.496 e. The van der Waals surface area contributed by atoms with Gasteiger partial charge in [0.05, 0.1) is 7.11 Å². The molecule has 6 heteroatoms. The van der Waals surface area contributed by atoms with Crippen molar-refractivity contribution in [3.63, 3.8) is 0 Å². The van der Waals surface area contributed by atoms with Crippen LogP contribution in [0.3, 0.4) is 0 Å². The van der Waals surface area contributed by atoms with Gasteiger partial charge >= 0.3 is 0 Å². The van der Waals surface area contributed by atoms with Gasteiger partial charge in [-0.3, -0.25) is 4.79 Å². The van der Waals surface area contributed by atoms with Crippen molar-refractivity contribution < 1.29 is 18.7 Å². The molecule has 4 rings (SSSR count).